The van der Waals surface area contributed by atoms with E-state index >= 15 is 0 Å². The van der Waals surface area contributed by atoms with E-state index in [9.17, 15) is 9.18 Å². The van der Waals surface area contributed by atoms with Crippen molar-refractivity contribution >= 4 is 6.29 Å². The van der Waals surface area contributed by atoms with E-state index in [-0.39, 0.29) is 12.7 Å². The molecule has 0 fully saturated rings. The summed E-state index contributed by atoms with van der Waals surface area (Å²) in [6.07, 6.45) is -3.00. The molecule has 0 aliphatic heterocycles. The van der Waals surface area contributed by atoms with Crippen molar-refractivity contribution in [2.45, 2.75) is 18.7 Å². The van der Waals surface area contributed by atoms with E-state index in [1.165, 1.54) is 0 Å². The number of aldehydes is 1. The van der Waals surface area contributed by atoms with Gasteiger partial charge in [-0.25, -0.2) is 4.39 Å². The zero-order valence-electron chi connectivity index (χ0n) is 4.83. The SMILES string of the molecule is O=C[C@@H](F)C[C@H](O)CO. The van der Waals surface area contributed by atoms with Gasteiger partial charge in [0.25, 0.3) is 0 Å². The van der Waals surface area contributed by atoms with Gasteiger partial charge in [0.05, 0.1) is 12.7 Å². The second-order valence-corrected chi connectivity index (χ2v) is 1.72. The molecular weight excluding hydrogens is 127 g/mol. The van der Waals surface area contributed by atoms with Gasteiger partial charge in [-0.05, 0) is 0 Å². The number of hydrogen-bond donors (Lipinski definition) is 2. The van der Waals surface area contributed by atoms with E-state index in [1.54, 1.807) is 0 Å². The Morgan fingerprint density at radius 2 is 2.22 bits per heavy atom. The third-order valence-corrected chi connectivity index (χ3v) is 0.856. The highest BCUT2D eigenvalue weighted by atomic mass is 19.1. The maximum Gasteiger partial charge on any atom is 0.158 e. The predicted molar refractivity (Wildman–Crippen MR) is 28.7 cm³/mol. The summed E-state index contributed by atoms with van der Waals surface area (Å²) in [5.41, 5.74) is 0. The van der Waals surface area contributed by atoms with Crippen LogP contribution in [0.2, 0.25) is 0 Å². The van der Waals surface area contributed by atoms with Gasteiger partial charge in [-0.15, -0.1) is 0 Å². The highest BCUT2D eigenvalue weighted by molar-refractivity contribution is 5.55. The molecule has 0 heterocycles. The van der Waals surface area contributed by atoms with Crippen LogP contribution < -0.4 is 0 Å². The average molecular weight is 136 g/mol. The Morgan fingerprint density at radius 3 is 2.56 bits per heavy atom. The van der Waals surface area contributed by atoms with Crippen molar-refractivity contribution < 1.29 is 19.4 Å². The third-order valence-electron chi connectivity index (χ3n) is 0.856. The van der Waals surface area contributed by atoms with E-state index in [0.29, 0.717) is 0 Å². The molecule has 0 amide bonds. The lowest BCUT2D eigenvalue weighted by Crippen LogP contribution is -2.18. The summed E-state index contributed by atoms with van der Waals surface area (Å²) >= 11 is 0. The fourth-order valence-corrected chi connectivity index (χ4v) is 0.390. The first-order valence-electron chi connectivity index (χ1n) is 2.59. The summed E-state index contributed by atoms with van der Waals surface area (Å²) in [6, 6.07) is 0. The first kappa shape index (κ1) is 8.52. The topological polar surface area (TPSA) is 57.5 Å². The smallest absolute Gasteiger partial charge is 0.158 e. The van der Waals surface area contributed by atoms with Crippen LogP contribution in [-0.2, 0) is 4.79 Å². The van der Waals surface area contributed by atoms with Crippen molar-refractivity contribution in [3.63, 3.8) is 0 Å². The van der Waals surface area contributed by atoms with Gasteiger partial charge in [-0.1, -0.05) is 0 Å². The number of halogens is 1. The Morgan fingerprint density at radius 1 is 1.67 bits per heavy atom. The number of rotatable bonds is 4. The summed E-state index contributed by atoms with van der Waals surface area (Å²) in [7, 11) is 0. The van der Waals surface area contributed by atoms with Crippen LogP contribution in [0.1, 0.15) is 6.42 Å². The van der Waals surface area contributed by atoms with Crippen LogP contribution in [-0.4, -0.2) is 35.4 Å². The minimum atomic E-state index is -1.66. The Hall–Kier alpha value is -0.480. The highest BCUT2D eigenvalue weighted by Gasteiger charge is 2.10. The fraction of sp³-hybridized carbons (Fsp3) is 0.800. The van der Waals surface area contributed by atoms with Gasteiger partial charge in [0.2, 0.25) is 0 Å². The van der Waals surface area contributed by atoms with Crippen molar-refractivity contribution in [3.05, 3.63) is 0 Å². The minimum absolute atomic E-state index is 0.0961. The first-order valence-corrected chi connectivity index (χ1v) is 2.59. The monoisotopic (exact) mass is 136 g/mol. The first-order chi connectivity index (χ1) is 4.20. The lowest BCUT2D eigenvalue weighted by molar-refractivity contribution is -0.113. The molecular formula is C5H9FO3. The molecule has 0 aromatic rings. The van der Waals surface area contributed by atoms with Crippen molar-refractivity contribution in [1.82, 2.24) is 0 Å². The largest absolute Gasteiger partial charge is 0.394 e. The van der Waals surface area contributed by atoms with Crippen molar-refractivity contribution in [2.75, 3.05) is 6.61 Å². The van der Waals surface area contributed by atoms with Gasteiger partial charge in [0, 0.05) is 6.42 Å². The molecule has 3 nitrogen and oxygen atoms in total. The summed E-state index contributed by atoms with van der Waals surface area (Å²) in [5, 5.41) is 16.7. The highest BCUT2D eigenvalue weighted by Crippen LogP contribution is 1.98. The lowest BCUT2D eigenvalue weighted by atomic mass is 10.2. The van der Waals surface area contributed by atoms with Gasteiger partial charge in [0.1, 0.15) is 0 Å². The molecule has 0 saturated heterocycles. The molecule has 54 valence electrons. The molecule has 0 saturated carbocycles. The molecule has 0 rings (SSSR count). The third kappa shape index (κ3) is 4.05. The summed E-state index contributed by atoms with van der Waals surface area (Å²) in [4.78, 5) is 9.59. The quantitative estimate of drug-likeness (QED) is 0.501. The van der Waals surface area contributed by atoms with Crippen LogP contribution >= 0.6 is 0 Å². The van der Waals surface area contributed by atoms with Crippen LogP contribution in [0.3, 0.4) is 0 Å². The molecule has 0 radical (unpaired) electrons. The predicted octanol–water partition coefficient (Wildman–Crippen LogP) is -0.733. The second-order valence-electron chi connectivity index (χ2n) is 1.72. The molecule has 0 aliphatic carbocycles. The Bertz CT molecular complexity index is 86.3. The van der Waals surface area contributed by atoms with Crippen LogP contribution in [0.25, 0.3) is 0 Å². The second kappa shape index (κ2) is 4.40. The number of hydrogen-bond acceptors (Lipinski definition) is 3. The van der Waals surface area contributed by atoms with Crippen molar-refractivity contribution in [3.8, 4) is 0 Å². The molecule has 2 atom stereocenters. The molecule has 0 spiro atoms. The van der Waals surface area contributed by atoms with Crippen LogP contribution in [0, 0.1) is 0 Å². The molecule has 9 heavy (non-hydrogen) atoms. The fourth-order valence-electron chi connectivity index (χ4n) is 0.390. The summed E-state index contributed by atoms with van der Waals surface area (Å²) < 4.78 is 11.9. The van der Waals surface area contributed by atoms with Crippen LogP contribution in [0.4, 0.5) is 4.39 Å². The Balaban J connectivity index is 3.33. The Labute approximate surface area is 52.1 Å². The van der Waals surface area contributed by atoms with E-state index in [4.69, 9.17) is 10.2 Å². The van der Waals surface area contributed by atoms with E-state index in [0.717, 1.165) is 0 Å². The standard InChI is InChI=1S/C5H9FO3/c6-4(2-7)1-5(9)3-8/h2,4-5,8-9H,1,3H2/t4-,5-/m0/s1. The maximum atomic E-state index is 11.9. The van der Waals surface area contributed by atoms with Crippen LogP contribution in [0.15, 0.2) is 0 Å². The number of carbonyl (C=O) groups is 1. The van der Waals surface area contributed by atoms with Gasteiger partial charge in [-0.3, -0.25) is 0 Å². The number of aliphatic hydroxyl groups is 2. The van der Waals surface area contributed by atoms with Crippen LogP contribution in [0.5, 0.6) is 0 Å². The van der Waals surface area contributed by atoms with Crippen molar-refractivity contribution in [2.24, 2.45) is 0 Å². The molecule has 2 N–H and O–H groups in total. The lowest BCUT2D eigenvalue weighted by Gasteiger charge is -2.04. The Kier molecular flexibility index (Phi) is 4.17. The van der Waals surface area contributed by atoms with Gasteiger partial charge in [0.15, 0.2) is 12.5 Å². The zero-order valence-corrected chi connectivity index (χ0v) is 4.83. The van der Waals surface area contributed by atoms with Gasteiger partial charge < -0.3 is 15.0 Å². The minimum Gasteiger partial charge on any atom is -0.394 e. The van der Waals surface area contributed by atoms with Crippen molar-refractivity contribution in [1.29, 1.82) is 0 Å². The number of aliphatic hydroxyl groups excluding tert-OH is 2. The van der Waals surface area contributed by atoms with E-state index in [2.05, 4.69) is 0 Å². The molecule has 4 heteroatoms. The maximum absolute atomic E-state index is 11.9. The summed E-state index contributed by atoms with van der Waals surface area (Å²) in [6.45, 7) is -0.506. The summed E-state index contributed by atoms with van der Waals surface area (Å²) in [5.74, 6) is 0. The molecule has 0 aromatic heterocycles. The molecule has 0 aromatic carbocycles. The zero-order chi connectivity index (χ0) is 7.28. The van der Waals surface area contributed by atoms with Gasteiger partial charge in [-0.2, -0.15) is 0 Å². The van der Waals surface area contributed by atoms with E-state index < -0.39 is 18.9 Å². The number of carbonyl (C=O) groups excluding carboxylic acids is 1. The normalized spacial score (nSPS) is 16.8. The van der Waals surface area contributed by atoms with E-state index in [1.807, 2.05) is 0 Å². The average Bonchev–Trinajstić information content (AvgIpc) is 1.87. The number of alkyl halides is 1. The molecule has 0 aliphatic rings. The van der Waals surface area contributed by atoms with Gasteiger partial charge >= 0.3 is 0 Å². The molecule has 0 bridgehead atoms. The molecule has 0 unspecified atom stereocenters.